The zero-order valence-corrected chi connectivity index (χ0v) is 14.8. The van der Waals surface area contributed by atoms with Gasteiger partial charge < -0.3 is 15.1 Å². The van der Waals surface area contributed by atoms with E-state index in [0.29, 0.717) is 23.6 Å². The van der Waals surface area contributed by atoms with E-state index in [1.54, 1.807) is 24.1 Å². The molecular weight excluding hydrogens is 308 g/mol. The Kier molecular flexibility index (Phi) is 5.77. The molecule has 2 atom stereocenters. The fourth-order valence-corrected chi connectivity index (χ4v) is 3.39. The van der Waals surface area contributed by atoms with E-state index >= 15 is 0 Å². The Hall–Kier alpha value is -2.15. The van der Waals surface area contributed by atoms with Gasteiger partial charge >= 0.3 is 6.03 Å². The highest BCUT2D eigenvalue weighted by atomic mass is 16.6. The summed E-state index contributed by atoms with van der Waals surface area (Å²) < 4.78 is 0. The number of carbonyl (C=O) groups excluding carboxylic acids is 1. The van der Waals surface area contributed by atoms with Crippen LogP contribution in [-0.2, 0) is 6.42 Å². The van der Waals surface area contributed by atoms with Gasteiger partial charge in [0.15, 0.2) is 0 Å². The number of carbonyl (C=O) groups is 1. The highest BCUT2D eigenvalue weighted by Gasteiger charge is 2.30. The number of piperidine rings is 1. The first kappa shape index (κ1) is 18.2. The van der Waals surface area contributed by atoms with Crippen molar-refractivity contribution in [2.45, 2.75) is 32.7 Å². The van der Waals surface area contributed by atoms with Gasteiger partial charge in [0.2, 0.25) is 0 Å². The second kappa shape index (κ2) is 7.61. The number of hydrogen-bond acceptors (Lipinski definition) is 4. The van der Waals surface area contributed by atoms with Crippen molar-refractivity contribution in [3.63, 3.8) is 0 Å². The van der Waals surface area contributed by atoms with Gasteiger partial charge in [0, 0.05) is 37.0 Å². The predicted molar refractivity (Wildman–Crippen MR) is 94.3 cm³/mol. The van der Waals surface area contributed by atoms with Crippen LogP contribution in [0.4, 0.5) is 16.2 Å². The molecule has 0 spiro atoms. The Morgan fingerprint density at radius 3 is 2.79 bits per heavy atom. The van der Waals surface area contributed by atoms with E-state index in [4.69, 9.17) is 0 Å². The molecule has 1 aromatic carbocycles. The fraction of sp³-hybridized carbons (Fsp3) is 0.588. The number of urea groups is 1. The molecule has 1 N–H and O–H groups in total. The Morgan fingerprint density at radius 1 is 1.50 bits per heavy atom. The molecule has 2 amide bonds. The van der Waals surface area contributed by atoms with Crippen molar-refractivity contribution in [2.75, 3.05) is 32.5 Å². The maximum atomic E-state index is 12.5. The Bertz CT molecular complexity index is 620. The first-order valence-corrected chi connectivity index (χ1v) is 8.33. The first-order chi connectivity index (χ1) is 11.3. The average Bonchev–Trinajstić information content (AvgIpc) is 2.54. The predicted octanol–water partition coefficient (Wildman–Crippen LogP) is 2.96. The van der Waals surface area contributed by atoms with Crippen LogP contribution in [-0.4, -0.2) is 54.0 Å². The third-order valence-electron chi connectivity index (χ3n) is 4.80. The number of hydrogen-bond donors (Lipinski definition) is 1. The molecule has 0 aliphatic carbocycles. The van der Waals surface area contributed by atoms with Gasteiger partial charge in [-0.1, -0.05) is 19.9 Å². The van der Waals surface area contributed by atoms with E-state index in [1.165, 1.54) is 6.07 Å². The average molecular weight is 334 g/mol. The molecule has 0 bridgehead atoms. The molecular formula is C17H26N4O3. The molecule has 1 aliphatic heterocycles. The van der Waals surface area contributed by atoms with E-state index in [9.17, 15) is 14.9 Å². The summed E-state index contributed by atoms with van der Waals surface area (Å²) in [5.74, 6) is 0.385. The number of likely N-dealkylation sites (tertiary alicyclic amines) is 1. The maximum Gasteiger partial charge on any atom is 0.321 e. The molecule has 0 saturated carbocycles. The molecule has 0 aromatic heterocycles. The van der Waals surface area contributed by atoms with E-state index in [1.807, 2.05) is 6.92 Å². The largest absolute Gasteiger partial charge is 0.324 e. The zero-order chi connectivity index (χ0) is 17.9. The van der Waals surface area contributed by atoms with Crippen LogP contribution in [0.15, 0.2) is 18.2 Å². The van der Waals surface area contributed by atoms with Gasteiger partial charge in [0.05, 0.1) is 4.92 Å². The summed E-state index contributed by atoms with van der Waals surface area (Å²) in [4.78, 5) is 27.2. The molecule has 7 heteroatoms. The summed E-state index contributed by atoms with van der Waals surface area (Å²) in [6.07, 6.45) is 1.51. The van der Waals surface area contributed by atoms with Crippen molar-refractivity contribution in [2.24, 2.45) is 5.92 Å². The van der Waals surface area contributed by atoms with Crippen molar-refractivity contribution in [3.05, 3.63) is 33.9 Å². The van der Waals surface area contributed by atoms with Gasteiger partial charge in [-0.05, 0) is 38.4 Å². The van der Waals surface area contributed by atoms with Crippen LogP contribution in [0.25, 0.3) is 0 Å². The molecule has 0 unspecified atom stereocenters. The minimum absolute atomic E-state index is 0.0469. The number of nitrogens with zero attached hydrogens (tertiary/aromatic N) is 3. The van der Waals surface area contributed by atoms with Crippen LogP contribution < -0.4 is 5.32 Å². The minimum atomic E-state index is -0.406. The molecule has 2 rings (SSSR count). The monoisotopic (exact) mass is 334 g/mol. The summed E-state index contributed by atoms with van der Waals surface area (Å²) in [5.41, 5.74) is 1.16. The number of nitrogens with one attached hydrogen (secondary N) is 1. The van der Waals surface area contributed by atoms with Crippen LogP contribution in [0.3, 0.4) is 0 Å². The van der Waals surface area contributed by atoms with Crippen LogP contribution in [0.5, 0.6) is 0 Å². The molecule has 24 heavy (non-hydrogen) atoms. The van der Waals surface area contributed by atoms with E-state index < -0.39 is 4.92 Å². The SMILES string of the molecule is CCc1ccc(NC(=O)N(C)[C@H]2CCN(C)C[C@@H]2C)cc1[N+](=O)[O-]. The van der Waals surface area contributed by atoms with E-state index in [2.05, 4.69) is 24.2 Å². The third-order valence-corrected chi connectivity index (χ3v) is 4.80. The van der Waals surface area contributed by atoms with E-state index in [-0.39, 0.29) is 17.8 Å². The van der Waals surface area contributed by atoms with Crippen LogP contribution >= 0.6 is 0 Å². The third kappa shape index (κ3) is 4.03. The minimum Gasteiger partial charge on any atom is -0.324 e. The van der Waals surface area contributed by atoms with Gasteiger partial charge in [-0.3, -0.25) is 10.1 Å². The number of rotatable bonds is 4. The molecule has 1 aliphatic rings. The molecule has 0 radical (unpaired) electrons. The lowest BCUT2D eigenvalue weighted by Gasteiger charge is -2.39. The Balaban J connectivity index is 2.09. The summed E-state index contributed by atoms with van der Waals surface area (Å²) >= 11 is 0. The number of amides is 2. The van der Waals surface area contributed by atoms with Crippen LogP contribution in [0.2, 0.25) is 0 Å². The quantitative estimate of drug-likeness (QED) is 0.678. The molecule has 132 valence electrons. The summed E-state index contributed by atoms with van der Waals surface area (Å²) in [5, 5.41) is 13.9. The van der Waals surface area contributed by atoms with Crippen LogP contribution in [0.1, 0.15) is 25.8 Å². The number of aryl methyl sites for hydroxylation is 1. The Labute approximate surface area is 142 Å². The number of nitro benzene ring substituents is 1. The maximum absolute atomic E-state index is 12.5. The van der Waals surface area contributed by atoms with Crippen molar-refractivity contribution in [3.8, 4) is 0 Å². The second-order valence-electron chi connectivity index (χ2n) is 6.59. The van der Waals surface area contributed by atoms with E-state index in [0.717, 1.165) is 19.5 Å². The lowest BCUT2D eigenvalue weighted by atomic mass is 9.93. The molecule has 1 heterocycles. The highest BCUT2D eigenvalue weighted by molar-refractivity contribution is 5.89. The number of anilines is 1. The number of nitro groups is 1. The lowest BCUT2D eigenvalue weighted by molar-refractivity contribution is -0.385. The standard InChI is InChI=1S/C17H26N4O3/c1-5-13-6-7-14(10-16(13)21(23)24)18-17(22)20(4)15-8-9-19(3)11-12(15)2/h6-7,10,12,15H,5,8-9,11H2,1-4H3,(H,18,22)/t12-,15-/m0/s1. The normalized spacial score (nSPS) is 21.3. The van der Waals surface area contributed by atoms with Gasteiger partial charge in [-0.2, -0.15) is 0 Å². The van der Waals surface area contributed by atoms with Crippen LogP contribution in [0, 0.1) is 16.0 Å². The molecule has 1 fully saturated rings. The lowest BCUT2D eigenvalue weighted by Crippen LogP contribution is -2.50. The van der Waals surface area contributed by atoms with Gasteiger partial charge in [-0.15, -0.1) is 0 Å². The zero-order valence-electron chi connectivity index (χ0n) is 14.8. The highest BCUT2D eigenvalue weighted by Crippen LogP contribution is 2.25. The van der Waals surface area contributed by atoms with Crippen molar-refractivity contribution in [1.29, 1.82) is 0 Å². The molecule has 1 saturated heterocycles. The second-order valence-corrected chi connectivity index (χ2v) is 6.59. The van der Waals surface area contributed by atoms with Gasteiger partial charge in [0.25, 0.3) is 5.69 Å². The summed E-state index contributed by atoms with van der Waals surface area (Å²) in [7, 11) is 3.87. The van der Waals surface area contributed by atoms with Gasteiger partial charge in [-0.25, -0.2) is 4.79 Å². The molecule has 7 nitrogen and oxygen atoms in total. The van der Waals surface area contributed by atoms with Gasteiger partial charge in [0.1, 0.15) is 0 Å². The van der Waals surface area contributed by atoms with Crippen molar-refractivity contribution >= 4 is 17.4 Å². The molecule has 1 aromatic rings. The fourth-order valence-electron chi connectivity index (χ4n) is 3.39. The summed E-state index contributed by atoms with van der Waals surface area (Å²) in [6, 6.07) is 4.80. The smallest absolute Gasteiger partial charge is 0.321 e. The first-order valence-electron chi connectivity index (χ1n) is 8.33. The van der Waals surface area contributed by atoms with Crippen molar-refractivity contribution in [1.82, 2.24) is 9.80 Å². The van der Waals surface area contributed by atoms with Crippen molar-refractivity contribution < 1.29 is 9.72 Å². The number of benzene rings is 1. The summed E-state index contributed by atoms with van der Waals surface area (Å²) in [6.45, 7) is 5.93. The topological polar surface area (TPSA) is 78.7 Å². The Morgan fingerprint density at radius 2 is 2.21 bits per heavy atom.